The molecule has 0 radical (unpaired) electrons. The smallest absolute Gasteiger partial charge is 0.253 e. The van der Waals surface area contributed by atoms with Gasteiger partial charge in [0, 0.05) is 49.3 Å². The third-order valence-corrected chi connectivity index (χ3v) is 8.64. The fourth-order valence-corrected chi connectivity index (χ4v) is 6.18. The molecule has 1 saturated carbocycles. The largest absolute Gasteiger partial charge is 0.391 e. The maximum atomic E-state index is 14.1. The van der Waals surface area contributed by atoms with Gasteiger partial charge in [0.15, 0.2) is 0 Å². The molecule has 0 saturated heterocycles. The van der Waals surface area contributed by atoms with E-state index in [1.165, 1.54) is 24.6 Å². The fraction of sp³-hybridized carbons (Fsp3) is 0.571. The summed E-state index contributed by atoms with van der Waals surface area (Å²) in [7, 11) is 1.82. The number of hydrogen-bond donors (Lipinski definition) is 2. The van der Waals surface area contributed by atoms with Gasteiger partial charge in [0.1, 0.15) is 11.6 Å². The minimum absolute atomic E-state index is 0.0461. The molecule has 3 atom stereocenters. The fourth-order valence-electron chi connectivity index (χ4n) is 6.18. The average Bonchev–Trinajstić information content (AvgIpc) is 3.02. The molecule has 0 bridgehead atoms. The number of carbonyl (C=O) groups excluding carboxylic acids is 3. The van der Waals surface area contributed by atoms with E-state index in [1.807, 2.05) is 27.8 Å². The van der Waals surface area contributed by atoms with Crippen LogP contribution in [0.15, 0.2) is 42.5 Å². The predicted octanol–water partition coefficient (Wildman–Crippen LogP) is 6.14. The van der Waals surface area contributed by atoms with Crippen molar-refractivity contribution in [2.75, 3.05) is 20.1 Å². The van der Waals surface area contributed by atoms with Gasteiger partial charge in [-0.1, -0.05) is 46.1 Å². The second-order valence-electron chi connectivity index (χ2n) is 12.1. The summed E-state index contributed by atoms with van der Waals surface area (Å²) in [5, 5.41) is 14.3. The Bertz CT molecular complexity index is 1220. The lowest BCUT2D eigenvalue weighted by Crippen LogP contribution is -2.48. The summed E-state index contributed by atoms with van der Waals surface area (Å²) >= 11 is 0. The molecular formula is C35H49F2N3O4. The summed E-state index contributed by atoms with van der Waals surface area (Å²) in [4.78, 5) is 43.7. The van der Waals surface area contributed by atoms with Crippen LogP contribution >= 0.6 is 0 Å². The van der Waals surface area contributed by atoms with Crippen LogP contribution in [0.4, 0.5) is 8.78 Å². The van der Waals surface area contributed by atoms with Crippen molar-refractivity contribution in [2.24, 2.45) is 5.92 Å². The van der Waals surface area contributed by atoms with E-state index in [2.05, 4.69) is 5.32 Å². The second kappa shape index (κ2) is 17.2. The van der Waals surface area contributed by atoms with Gasteiger partial charge in [0.2, 0.25) is 5.91 Å². The highest BCUT2D eigenvalue weighted by Crippen LogP contribution is 2.26. The maximum Gasteiger partial charge on any atom is 0.253 e. The molecule has 0 spiro atoms. The van der Waals surface area contributed by atoms with Gasteiger partial charge in [-0.15, -0.1) is 0 Å². The van der Waals surface area contributed by atoms with Gasteiger partial charge in [0.05, 0.1) is 12.1 Å². The Balaban J connectivity index is 1.82. The van der Waals surface area contributed by atoms with Crippen molar-refractivity contribution in [2.45, 2.75) is 103 Å². The van der Waals surface area contributed by atoms with Gasteiger partial charge in [-0.2, -0.15) is 0 Å². The number of carbonyl (C=O) groups is 3. The summed E-state index contributed by atoms with van der Waals surface area (Å²) in [5.74, 6) is -2.74. The Hall–Kier alpha value is -3.33. The number of benzene rings is 2. The first-order valence-corrected chi connectivity index (χ1v) is 16.2. The van der Waals surface area contributed by atoms with Gasteiger partial charge in [-0.05, 0) is 80.8 Å². The molecule has 0 heterocycles. The highest BCUT2D eigenvalue weighted by molar-refractivity contribution is 5.99. The molecule has 7 nitrogen and oxygen atoms in total. The lowest BCUT2D eigenvalue weighted by atomic mass is 9.89. The van der Waals surface area contributed by atoms with Crippen molar-refractivity contribution in [1.82, 2.24) is 15.1 Å². The van der Waals surface area contributed by atoms with Crippen LogP contribution in [-0.2, 0) is 11.2 Å². The molecule has 2 aromatic carbocycles. The lowest BCUT2D eigenvalue weighted by molar-refractivity contribution is -0.138. The van der Waals surface area contributed by atoms with Crippen LogP contribution < -0.4 is 5.32 Å². The Labute approximate surface area is 261 Å². The van der Waals surface area contributed by atoms with Crippen LogP contribution in [-0.4, -0.2) is 71.0 Å². The van der Waals surface area contributed by atoms with Crippen LogP contribution in [0, 0.1) is 17.6 Å². The highest BCUT2D eigenvalue weighted by atomic mass is 19.1. The third kappa shape index (κ3) is 9.84. The number of amides is 3. The Kier molecular flexibility index (Phi) is 13.8. The second-order valence-corrected chi connectivity index (χ2v) is 12.1. The number of nitrogens with zero attached hydrogens (tertiary/aromatic N) is 2. The van der Waals surface area contributed by atoms with E-state index >= 15 is 0 Å². The number of rotatable bonds is 15. The zero-order chi connectivity index (χ0) is 32.2. The lowest BCUT2D eigenvalue weighted by Gasteiger charge is -2.35. The van der Waals surface area contributed by atoms with E-state index in [-0.39, 0.29) is 41.8 Å². The van der Waals surface area contributed by atoms with Gasteiger partial charge >= 0.3 is 0 Å². The Morgan fingerprint density at radius 1 is 0.932 bits per heavy atom. The molecule has 3 amide bonds. The third-order valence-electron chi connectivity index (χ3n) is 8.64. The van der Waals surface area contributed by atoms with Crippen LogP contribution in [0.3, 0.4) is 0 Å². The number of aliphatic hydroxyl groups excluding tert-OH is 1. The Morgan fingerprint density at radius 2 is 1.55 bits per heavy atom. The average molecular weight is 614 g/mol. The minimum atomic E-state index is -1.17. The quantitative estimate of drug-likeness (QED) is 0.253. The number of hydrogen-bond acceptors (Lipinski definition) is 4. The van der Waals surface area contributed by atoms with Crippen LogP contribution in [0.25, 0.3) is 0 Å². The summed E-state index contributed by atoms with van der Waals surface area (Å²) in [6.07, 6.45) is 6.23. The van der Waals surface area contributed by atoms with Crippen molar-refractivity contribution in [3.63, 3.8) is 0 Å². The van der Waals surface area contributed by atoms with Gasteiger partial charge in [-0.3, -0.25) is 14.4 Å². The van der Waals surface area contributed by atoms with E-state index < -0.39 is 35.6 Å². The van der Waals surface area contributed by atoms with Gasteiger partial charge < -0.3 is 20.2 Å². The number of nitrogens with one attached hydrogen (secondary N) is 1. The molecule has 1 aliphatic carbocycles. The molecule has 0 aromatic heterocycles. The number of aliphatic hydroxyl groups is 1. The molecule has 1 aliphatic rings. The van der Waals surface area contributed by atoms with Crippen molar-refractivity contribution >= 4 is 17.7 Å². The zero-order valence-electron chi connectivity index (χ0n) is 26.7. The van der Waals surface area contributed by atoms with Crippen molar-refractivity contribution in [3.05, 3.63) is 70.8 Å². The Morgan fingerprint density at radius 3 is 2.14 bits per heavy atom. The first-order valence-electron chi connectivity index (χ1n) is 16.2. The first kappa shape index (κ1) is 35.2. The summed E-state index contributed by atoms with van der Waals surface area (Å²) in [5.41, 5.74) is 0.877. The molecule has 9 heteroatoms. The van der Waals surface area contributed by atoms with Gasteiger partial charge in [0.25, 0.3) is 11.8 Å². The topological polar surface area (TPSA) is 90.0 Å². The van der Waals surface area contributed by atoms with Crippen molar-refractivity contribution < 1.29 is 28.3 Å². The van der Waals surface area contributed by atoms with E-state index in [9.17, 15) is 28.3 Å². The molecule has 3 rings (SSSR count). The van der Waals surface area contributed by atoms with Crippen LogP contribution in [0.5, 0.6) is 0 Å². The summed E-state index contributed by atoms with van der Waals surface area (Å²) in [6, 6.07) is 8.75. The van der Waals surface area contributed by atoms with Gasteiger partial charge in [-0.25, -0.2) is 8.78 Å². The molecule has 242 valence electrons. The first-order chi connectivity index (χ1) is 21.1. The molecule has 0 aliphatic heterocycles. The normalized spacial score (nSPS) is 15.7. The van der Waals surface area contributed by atoms with Crippen LogP contribution in [0.1, 0.15) is 105 Å². The zero-order valence-corrected chi connectivity index (χ0v) is 26.7. The van der Waals surface area contributed by atoms with Crippen LogP contribution in [0.2, 0.25) is 0 Å². The van der Waals surface area contributed by atoms with Crippen molar-refractivity contribution in [3.8, 4) is 0 Å². The predicted molar refractivity (Wildman–Crippen MR) is 168 cm³/mol. The minimum Gasteiger partial charge on any atom is -0.391 e. The molecule has 1 fully saturated rings. The maximum absolute atomic E-state index is 14.1. The van der Waals surface area contributed by atoms with E-state index in [4.69, 9.17) is 0 Å². The molecule has 1 unspecified atom stereocenters. The molecular weight excluding hydrogens is 564 g/mol. The number of halogens is 2. The highest BCUT2D eigenvalue weighted by Gasteiger charge is 2.32. The standard InChI is InChI=1S/C35H49F2N3O4/c1-5-16-40(17-6-2)35(44)27-13-11-12-26(21-27)33(42)38-31(20-24-18-28(36)23-29(37)19-24)32(41)22-25(7-3)34(43)39(4)30-14-9-8-10-15-30/h11-13,18-19,21,23,25,30-32,41H,5-10,14-17,20,22H2,1-4H3,(H,38,42)/t25-,31?,32+/m1/s1. The summed E-state index contributed by atoms with van der Waals surface area (Å²) < 4.78 is 28.1. The van der Waals surface area contributed by atoms with E-state index in [0.717, 1.165) is 44.6 Å². The molecule has 44 heavy (non-hydrogen) atoms. The van der Waals surface area contributed by atoms with E-state index in [0.29, 0.717) is 25.1 Å². The molecule has 2 N–H and O–H groups in total. The van der Waals surface area contributed by atoms with Crippen molar-refractivity contribution in [1.29, 1.82) is 0 Å². The monoisotopic (exact) mass is 613 g/mol. The molecule has 2 aromatic rings. The van der Waals surface area contributed by atoms with E-state index in [1.54, 1.807) is 28.0 Å². The summed E-state index contributed by atoms with van der Waals surface area (Å²) in [6.45, 7) is 7.10. The SMILES string of the molecule is CCCN(CCC)C(=O)c1cccc(C(=O)NC(Cc2cc(F)cc(F)c2)[C@@H](O)C[C@@H](CC)C(=O)N(C)C2CCCCC2)c1.